The molecule has 1 aromatic carbocycles. The third kappa shape index (κ3) is 4.35. The van der Waals surface area contributed by atoms with E-state index in [0.29, 0.717) is 0 Å². The molecule has 0 aliphatic heterocycles. The summed E-state index contributed by atoms with van der Waals surface area (Å²) in [5.41, 5.74) is 5.44. The summed E-state index contributed by atoms with van der Waals surface area (Å²) >= 11 is 0. The van der Waals surface area contributed by atoms with Crippen molar-refractivity contribution in [2.45, 2.75) is 39.3 Å². The van der Waals surface area contributed by atoms with E-state index in [-0.39, 0.29) is 5.56 Å². The standard InChI is InChI=1S/C13H17F4NO2/c1-12(2,3)11(19)10(18)7-4-5-9(8(14)6-7)20-13(15,16)17/h4-6,10-11,19H,18H2,1-3H3/t10-,11-/m0/s1. The van der Waals surface area contributed by atoms with Gasteiger partial charge in [0.05, 0.1) is 12.1 Å². The van der Waals surface area contributed by atoms with E-state index >= 15 is 0 Å². The van der Waals surface area contributed by atoms with Gasteiger partial charge in [0.1, 0.15) is 0 Å². The van der Waals surface area contributed by atoms with Crippen LogP contribution in [0.5, 0.6) is 5.75 Å². The van der Waals surface area contributed by atoms with E-state index < -0.39 is 35.5 Å². The second kappa shape index (κ2) is 5.57. The number of nitrogens with two attached hydrogens (primary N) is 1. The molecule has 0 amide bonds. The zero-order chi connectivity index (χ0) is 15.7. The van der Waals surface area contributed by atoms with Gasteiger partial charge in [0, 0.05) is 0 Å². The summed E-state index contributed by atoms with van der Waals surface area (Å²) in [5.74, 6) is -2.12. The van der Waals surface area contributed by atoms with E-state index in [1.165, 1.54) is 6.07 Å². The lowest BCUT2D eigenvalue weighted by atomic mass is 9.82. The molecule has 0 aliphatic rings. The highest BCUT2D eigenvalue weighted by molar-refractivity contribution is 5.31. The fourth-order valence-corrected chi connectivity index (χ4v) is 1.65. The Morgan fingerprint density at radius 1 is 1.20 bits per heavy atom. The van der Waals surface area contributed by atoms with Crippen molar-refractivity contribution < 1.29 is 27.4 Å². The molecule has 0 radical (unpaired) electrons. The molecule has 0 saturated heterocycles. The fraction of sp³-hybridized carbons (Fsp3) is 0.538. The molecule has 1 aromatic rings. The highest BCUT2D eigenvalue weighted by Crippen LogP contribution is 2.31. The van der Waals surface area contributed by atoms with Gasteiger partial charge in [-0.15, -0.1) is 13.2 Å². The average Bonchev–Trinajstić information content (AvgIpc) is 2.27. The zero-order valence-electron chi connectivity index (χ0n) is 11.3. The molecule has 0 aromatic heterocycles. The van der Waals surface area contributed by atoms with Crippen LogP contribution in [0.4, 0.5) is 17.6 Å². The van der Waals surface area contributed by atoms with Gasteiger partial charge in [-0.2, -0.15) is 0 Å². The summed E-state index contributed by atoms with van der Waals surface area (Å²) in [6.07, 6.45) is -5.94. The molecule has 20 heavy (non-hydrogen) atoms. The van der Waals surface area contributed by atoms with Crippen LogP contribution in [0.1, 0.15) is 32.4 Å². The normalized spacial score (nSPS) is 15.8. The molecule has 114 valence electrons. The van der Waals surface area contributed by atoms with Crippen LogP contribution in [0.3, 0.4) is 0 Å². The molecular weight excluding hydrogens is 278 g/mol. The molecule has 0 heterocycles. The van der Waals surface area contributed by atoms with Crippen LogP contribution in [0, 0.1) is 11.2 Å². The Hall–Kier alpha value is -1.34. The van der Waals surface area contributed by atoms with E-state index in [1.54, 1.807) is 20.8 Å². The Balaban J connectivity index is 2.98. The van der Waals surface area contributed by atoms with E-state index in [1.807, 2.05) is 0 Å². The zero-order valence-corrected chi connectivity index (χ0v) is 11.3. The molecule has 0 unspecified atom stereocenters. The van der Waals surface area contributed by atoms with Gasteiger partial charge in [-0.3, -0.25) is 0 Å². The maximum atomic E-state index is 13.5. The topological polar surface area (TPSA) is 55.5 Å². The summed E-state index contributed by atoms with van der Waals surface area (Å²) in [7, 11) is 0. The van der Waals surface area contributed by atoms with Crippen LogP contribution in [0.25, 0.3) is 0 Å². The van der Waals surface area contributed by atoms with Crippen molar-refractivity contribution >= 4 is 0 Å². The van der Waals surface area contributed by atoms with Gasteiger partial charge in [0.15, 0.2) is 11.6 Å². The number of aliphatic hydroxyl groups excluding tert-OH is 1. The summed E-state index contributed by atoms with van der Waals surface area (Å²) in [6.45, 7) is 5.24. The van der Waals surface area contributed by atoms with Crippen LogP contribution in [-0.2, 0) is 0 Å². The monoisotopic (exact) mass is 295 g/mol. The van der Waals surface area contributed by atoms with E-state index in [4.69, 9.17) is 5.73 Å². The predicted molar refractivity (Wildman–Crippen MR) is 65.5 cm³/mol. The summed E-state index contributed by atoms with van der Waals surface area (Å²) in [5, 5.41) is 10.00. The molecule has 1 rings (SSSR count). The smallest absolute Gasteiger partial charge is 0.403 e. The Morgan fingerprint density at radius 2 is 1.75 bits per heavy atom. The minimum atomic E-state index is -4.96. The minimum absolute atomic E-state index is 0.194. The highest BCUT2D eigenvalue weighted by atomic mass is 19.4. The van der Waals surface area contributed by atoms with Crippen molar-refractivity contribution in [2.24, 2.45) is 11.1 Å². The first-order valence-electron chi connectivity index (χ1n) is 5.90. The number of rotatable bonds is 3. The Bertz CT molecular complexity index is 468. The average molecular weight is 295 g/mol. The fourth-order valence-electron chi connectivity index (χ4n) is 1.65. The second-order valence-corrected chi connectivity index (χ2v) is 5.57. The van der Waals surface area contributed by atoms with Crippen LogP contribution in [-0.4, -0.2) is 17.6 Å². The van der Waals surface area contributed by atoms with Crippen LogP contribution < -0.4 is 10.5 Å². The first kappa shape index (κ1) is 16.7. The number of aliphatic hydroxyl groups is 1. The summed E-state index contributed by atoms with van der Waals surface area (Å²) in [6, 6.07) is 1.96. The molecule has 3 nitrogen and oxygen atoms in total. The van der Waals surface area contributed by atoms with Gasteiger partial charge in [0.2, 0.25) is 0 Å². The first-order valence-corrected chi connectivity index (χ1v) is 5.90. The lowest BCUT2D eigenvalue weighted by Crippen LogP contribution is -2.37. The van der Waals surface area contributed by atoms with Crippen molar-refractivity contribution in [3.63, 3.8) is 0 Å². The number of alkyl halides is 3. The molecule has 7 heteroatoms. The second-order valence-electron chi connectivity index (χ2n) is 5.57. The maximum absolute atomic E-state index is 13.5. The van der Waals surface area contributed by atoms with Gasteiger partial charge in [-0.1, -0.05) is 26.8 Å². The van der Waals surface area contributed by atoms with Crippen molar-refractivity contribution in [1.82, 2.24) is 0 Å². The minimum Gasteiger partial charge on any atom is -0.403 e. The van der Waals surface area contributed by atoms with Gasteiger partial charge >= 0.3 is 6.36 Å². The van der Waals surface area contributed by atoms with E-state index in [2.05, 4.69) is 4.74 Å². The summed E-state index contributed by atoms with van der Waals surface area (Å²) < 4.78 is 53.1. The van der Waals surface area contributed by atoms with Gasteiger partial charge < -0.3 is 15.6 Å². The number of hydrogen-bond acceptors (Lipinski definition) is 3. The molecule has 0 aliphatic carbocycles. The number of ether oxygens (including phenoxy) is 1. The SMILES string of the molecule is CC(C)(C)[C@@H](O)[C@@H](N)c1ccc(OC(F)(F)F)c(F)c1. The highest BCUT2D eigenvalue weighted by Gasteiger charge is 2.33. The third-order valence-electron chi connectivity index (χ3n) is 2.79. The van der Waals surface area contributed by atoms with E-state index in [0.717, 1.165) is 12.1 Å². The molecule has 3 N–H and O–H groups in total. The van der Waals surface area contributed by atoms with Gasteiger partial charge in [-0.05, 0) is 23.1 Å². The lowest BCUT2D eigenvalue weighted by molar-refractivity contribution is -0.275. The molecule has 0 spiro atoms. The first-order chi connectivity index (χ1) is 8.92. The van der Waals surface area contributed by atoms with Crippen molar-refractivity contribution in [3.05, 3.63) is 29.6 Å². The van der Waals surface area contributed by atoms with Crippen molar-refractivity contribution in [2.75, 3.05) is 0 Å². The van der Waals surface area contributed by atoms with E-state index in [9.17, 15) is 22.7 Å². The molecule has 0 fully saturated rings. The van der Waals surface area contributed by atoms with Crippen LogP contribution in [0.15, 0.2) is 18.2 Å². The molecule has 0 saturated carbocycles. The van der Waals surface area contributed by atoms with Crippen LogP contribution in [0.2, 0.25) is 0 Å². The maximum Gasteiger partial charge on any atom is 0.573 e. The van der Waals surface area contributed by atoms with Crippen LogP contribution >= 0.6 is 0 Å². The Labute approximate surface area is 114 Å². The van der Waals surface area contributed by atoms with Gasteiger partial charge in [0.25, 0.3) is 0 Å². The Morgan fingerprint density at radius 3 is 2.15 bits per heavy atom. The number of halogens is 4. The van der Waals surface area contributed by atoms with Gasteiger partial charge in [-0.25, -0.2) is 4.39 Å². The summed E-state index contributed by atoms with van der Waals surface area (Å²) in [4.78, 5) is 0. The Kier molecular flexibility index (Phi) is 4.66. The molecule has 2 atom stereocenters. The predicted octanol–water partition coefficient (Wildman–Crippen LogP) is 3.13. The molecular formula is C13H17F4NO2. The van der Waals surface area contributed by atoms with Crippen molar-refractivity contribution in [1.29, 1.82) is 0 Å². The third-order valence-corrected chi connectivity index (χ3v) is 2.79. The molecule has 0 bridgehead atoms. The van der Waals surface area contributed by atoms with Crippen molar-refractivity contribution in [3.8, 4) is 5.75 Å². The largest absolute Gasteiger partial charge is 0.573 e. The number of benzene rings is 1. The quantitative estimate of drug-likeness (QED) is 0.842. The number of hydrogen-bond donors (Lipinski definition) is 2. The lowest BCUT2D eigenvalue weighted by Gasteiger charge is -2.31.